The van der Waals surface area contributed by atoms with Crippen LogP contribution in [0.5, 0.6) is 0 Å². The molecule has 3 aromatic heterocycles. The van der Waals surface area contributed by atoms with Crippen LogP contribution in [0.1, 0.15) is 30.1 Å². The van der Waals surface area contributed by atoms with Gasteiger partial charge in [-0.1, -0.05) is 6.07 Å². The topological polar surface area (TPSA) is 55.4 Å². The van der Waals surface area contributed by atoms with E-state index >= 15 is 0 Å². The van der Waals surface area contributed by atoms with Gasteiger partial charge in [0, 0.05) is 31.7 Å². The predicted octanol–water partition coefficient (Wildman–Crippen LogP) is 2.25. The fourth-order valence-electron chi connectivity index (χ4n) is 3.37. The minimum Gasteiger partial charge on any atom is -0.340 e. The summed E-state index contributed by atoms with van der Waals surface area (Å²) in [7, 11) is 0. The third kappa shape index (κ3) is 2.91. The Kier molecular flexibility index (Phi) is 3.80. The van der Waals surface area contributed by atoms with Crippen molar-refractivity contribution in [3.8, 4) is 0 Å². The lowest BCUT2D eigenvalue weighted by Gasteiger charge is -2.32. The van der Waals surface area contributed by atoms with Crippen LogP contribution in [0.15, 0.2) is 43.0 Å². The number of rotatable bonds is 3. The third-order valence-electron chi connectivity index (χ3n) is 4.60. The molecule has 124 valence electrons. The highest BCUT2D eigenvalue weighted by Gasteiger charge is 2.25. The molecular formula is C18H21N5O. The quantitative estimate of drug-likeness (QED) is 0.743. The van der Waals surface area contributed by atoms with Crippen LogP contribution in [0.2, 0.25) is 0 Å². The molecule has 1 amide bonds. The summed E-state index contributed by atoms with van der Waals surface area (Å²) < 4.78 is 3.95. The van der Waals surface area contributed by atoms with Gasteiger partial charge in [0.25, 0.3) is 0 Å². The van der Waals surface area contributed by atoms with Crippen molar-refractivity contribution in [2.24, 2.45) is 0 Å². The normalized spacial score (nSPS) is 18.2. The molecule has 4 heterocycles. The van der Waals surface area contributed by atoms with Crippen molar-refractivity contribution in [2.45, 2.75) is 32.2 Å². The van der Waals surface area contributed by atoms with Crippen LogP contribution in [0.4, 0.5) is 0 Å². The number of hydrogen-bond donors (Lipinski definition) is 0. The summed E-state index contributed by atoms with van der Waals surface area (Å²) in [5.74, 6) is 0.145. The maximum absolute atomic E-state index is 12.7. The highest BCUT2D eigenvalue weighted by atomic mass is 16.2. The van der Waals surface area contributed by atoms with Gasteiger partial charge in [0.2, 0.25) is 5.91 Å². The number of nitrogens with zero attached hydrogens (tertiary/aromatic N) is 5. The summed E-state index contributed by atoms with van der Waals surface area (Å²) in [5.41, 5.74) is 2.86. The second-order valence-corrected chi connectivity index (χ2v) is 6.51. The first-order valence-corrected chi connectivity index (χ1v) is 8.40. The monoisotopic (exact) mass is 323 g/mol. The first-order valence-electron chi connectivity index (χ1n) is 8.40. The van der Waals surface area contributed by atoms with E-state index in [1.807, 2.05) is 57.7 Å². The van der Waals surface area contributed by atoms with Crippen molar-refractivity contribution in [2.75, 3.05) is 13.1 Å². The molecule has 4 rings (SSSR count). The van der Waals surface area contributed by atoms with Crippen LogP contribution in [-0.2, 0) is 11.2 Å². The smallest absolute Gasteiger partial charge is 0.228 e. The van der Waals surface area contributed by atoms with Crippen molar-refractivity contribution in [1.82, 2.24) is 24.1 Å². The lowest BCUT2D eigenvalue weighted by atomic mass is 10.1. The summed E-state index contributed by atoms with van der Waals surface area (Å²) >= 11 is 0. The van der Waals surface area contributed by atoms with Gasteiger partial charge in [-0.15, -0.1) is 0 Å². The number of piperidine rings is 1. The van der Waals surface area contributed by atoms with Gasteiger partial charge in [0.15, 0.2) is 0 Å². The number of hydrogen-bond acceptors (Lipinski definition) is 3. The summed E-state index contributed by atoms with van der Waals surface area (Å²) in [6, 6.07) is 6.14. The Labute approximate surface area is 140 Å². The number of fused-ring (bicyclic) bond motifs is 1. The van der Waals surface area contributed by atoms with E-state index < -0.39 is 0 Å². The van der Waals surface area contributed by atoms with Crippen LogP contribution in [0.3, 0.4) is 0 Å². The van der Waals surface area contributed by atoms with Gasteiger partial charge >= 0.3 is 0 Å². The van der Waals surface area contributed by atoms with Gasteiger partial charge in [-0.25, -0.2) is 4.98 Å². The van der Waals surface area contributed by atoms with Crippen LogP contribution in [-0.4, -0.2) is 43.1 Å². The molecule has 1 atom stereocenters. The molecule has 6 nitrogen and oxygen atoms in total. The maximum atomic E-state index is 12.7. The average molecular weight is 323 g/mol. The summed E-state index contributed by atoms with van der Waals surface area (Å²) in [4.78, 5) is 19.2. The summed E-state index contributed by atoms with van der Waals surface area (Å²) in [5, 5.41) is 4.41. The van der Waals surface area contributed by atoms with Crippen LogP contribution < -0.4 is 0 Å². The van der Waals surface area contributed by atoms with Gasteiger partial charge in [0.05, 0.1) is 24.4 Å². The highest BCUT2D eigenvalue weighted by molar-refractivity contribution is 5.78. The third-order valence-corrected chi connectivity index (χ3v) is 4.60. The van der Waals surface area contributed by atoms with Crippen molar-refractivity contribution >= 4 is 11.6 Å². The standard InChI is InChI=1S/C18H21N5O/c1-14-10-19-23(11-14)16-5-4-8-22(13-16)18(24)9-15-12-21-7-3-2-6-17(21)20-15/h2-3,6-7,10-12,16H,4-5,8-9,13H2,1H3/t16-/m1/s1. The molecule has 0 radical (unpaired) electrons. The Balaban J connectivity index is 1.45. The molecule has 1 fully saturated rings. The van der Waals surface area contributed by atoms with Crippen molar-refractivity contribution in [3.63, 3.8) is 0 Å². The zero-order valence-electron chi connectivity index (χ0n) is 13.8. The molecule has 1 saturated heterocycles. The molecule has 3 aromatic rings. The lowest BCUT2D eigenvalue weighted by molar-refractivity contribution is -0.132. The number of carbonyl (C=O) groups is 1. The Bertz CT molecular complexity index is 832. The number of amides is 1. The van der Waals surface area contributed by atoms with E-state index in [2.05, 4.69) is 16.3 Å². The van der Waals surface area contributed by atoms with Gasteiger partial charge in [-0.2, -0.15) is 5.10 Å². The Morgan fingerprint density at radius 3 is 3.04 bits per heavy atom. The predicted molar refractivity (Wildman–Crippen MR) is 90.7 cm³/mol. The minimum atomic E-state index is 0.145. The van der Waals surface area contributed by atoms with E-state index in [1.165, 1.54) is 0 Å². The zero-order chi connectivity index (χ0) is 16.5. The largest absolute Gasteiger partial charge is 0.340 e. The first kappa shape index (κ1) is 14.9. The first-order chi connectivity index (χ1) is 11.7. The Morgan fingerprint density at radius 1 is 1.33 bits per heavy atom. The average Bonchev–Trinajstić information content (AvgIpc) is 3.20. The SMILES string of the molecule is Cc1cnn([C@@H]2CCCN(C(=O)Cc3cn4ccccc4n3)C2)c1. The number of imidazole rings is 1. The number of likely N-dealkylation sites (tertiary alicyclic amines) is 1. The molecule has 0 spiro atoms. The molecule has 0 aliphatic carbocycles. The van der Waals surface area contributed by atoms with Gasteiger partial charge < -0.3 is 9.30 Å². The Hall–Kier alpha value is -2.63. The minimum absolute atomic E-state index is 0.145. The number of aromatic nitrogens is 4. The van der Waals surface area contributed by atoms with Crippen LogP contribution in [0, 0.1) is 6.92 Å². The zero-order valence-corrected chi connectivity index (χ0v) is 13.8. The lowest BCUT2D eigenvalue weighted by Crippen LogP contribution is -2.41. The molecular weight excluding hydrogens is 302 g/mol. The van der Waals surface area contributed by atoms with Gasteiger partial charge in [-0.05, 0) is 37.5 Å². The van der Waals surface area contributed by atoms with Crippen molar-refractivity contribution in [3.05, 3.63) is 54.2 Å². The van der Waals surface area contributed by atoms with E-state index in [-0.39, 0.29) is 11.9 Å². The second-order valence-electron chi connectivity index (χ2n) is 6.51. The maximum Gasteiger partial charge on any atom is 0.228 e. The molecule has 6 heteroatoms. The van der Waals surface area contributed by atoms with Crippen LogP contribution >= 0.6 is 0 Å². The molecule has 0 N–H and O–H groups in total. The molecule has 1 aliphatic rings. The summed E-state index contributed by atoms with van der Waals surface area (Å²) in [6.45, 7) is 3.59. The second kappa shape index (κ2) is 6.11. The number of carbonyl (C=O) groups excluding carboxylic acids is 1. The van der Waals surface area contributed by atoms with Gasteiger partial charge in [-0.3, -0.25) is 9.48 Å². The molecule has 0 unspecified atom stereocenters. The van der Waals surface area contributed by atoms with E-state index in [9.17, 15) is 4.79 Å². The Morgan fingerprint density at radius 2 is 2.25 bits per heavy atom. The molecule has 0 saturated carbocycles. The van der Waals surface area contributed by atoms with E-state index in [0.717, 1.165) is 42.8 Å². The molecule has 24 heavy (non-hydrogen) atoms. The highest BCUT2D eigenvalue weighted by Crippen LogP contribution is 2.22. The van der Waals surface area contributed by atoms with E-state index in [1.54, 1.807) is 0 Å². The molecule has 0 bridgehead atoms. The van der Waals surface area contributed by atoms with Crippen molar-refractivity contribution in [1.29, 1.82) is 0 Å². The molecule has 1 aliphatic heterocycles. The number of aryl methyl sites for hydroxylation is 1. The van der Waals surface area contributed by atoms with Crippen molar-refractivity contribution < 1.29 is 4.79 Å². The molecule has 0 aromatic carbocycles. The van der Waals surface area contributed by atoms with E-state index in [0.29, 0.717) is 6.42 Å². The van der Waals surface area contributed by atoms with Crippen LogP contribution in [0.25, 0.3) is 5.65 Å². The van der Waals surface area contributed by atoms with E-state index in [4.69, 9.17) is 0 Å². The fraction of sp³-hybridized carbons (Fsp3) is 0.389. The summed E-state index contributed by atoms with van der Waals surface area (Å²) in [6.07, 6.45) is 10.3. The fourth-order valence-corrected chi connectivity index (χ4v) is 3.37. The number of pyridine rings is 1. The van der Waals surface area contributed by atoms with Gasteiger partial charge in [0.1, 0.15) is 5.65 Å².